The minimum Gasteiger partial charge on any atom is -0.474 e. The summed E-state index contributed by atoms with van der Waals surface area (Å²) < 4.78 is 7.39. The molecule has 2 aromatic heterocycles. The Labute approximate surface area is 188 Å². The van der Waals surface area contributed by atoms with Gasteiger partial charge in [0.2, 0.25) is 17.7 Å². The van der Waals surface area contributed by atoms with Crippen LogP contribution in [0.2, 0.25) is 0 Å². The third-order valence-electron chi connectivity index (χ3n) is 6.06. The van der Waals surface area contributed by atoms with Crippen molar-refractivity contribution in [3.63, 3.8) is 0 Å². The smallest absolute Gasteiger partial charge is 0.255 e. The number of nitrogens with one attached hydrogen (secondary N) is 1. The van der Waals surface area contributed by atoms with Gasteiger partial charge < -0.3 is 9.64 Å². The minimum atomic E-state index is -0.639. The Bertz CT molecular complexity index is 1300. The van der Waals surface area contributed by atoms with E-state index in [-0.39, 0.29) is 24.3 Å². The summed E-state index contributed by atoms with van der Waals surface area (Å²) in [5, 5.41) is 10.8. The molecule has 0 bridgehead atoms. The summed E-state index contributed by atoms with van der Waals surface area (Å²) in [7, 11) is 0. The van der Waals surface area contributed by atoms with Crippen molar-refractivity contribution in [2.75, 3.05) is 0 Å². The predicted octanol–water partition coefficient (Wildman–Crippen LogP) is 1.63. The van der Waals surface area contributed by atoms with Gasteiger partial charge in [-0.25, -0.2) is 9.67 Å². The van der Waals surface area contributed by atoms with Gasteiger partial charge in [-0.2, -0.15) is 0 Å². The molecule has 0 radical (unpaired) electrons. The van der Waals surface area contributed by atoms with Crippen LogP contribution in [0.1, 0.15) is 41.6 Å². The van der Waals surface area contributed by atoms with Crippen molar-refractivity contribution in [1.82, 2.24) is 30.2 Å². The molecular weight excluding hydrogens is 424 g/mol. The number of piperidine rings is 1. The average Bonchev–Trinajstić information content (AvgIpc) is 3.37. The molecule has 3 aromatic rings. The highest BCUT2D eigenvalue weighted by Gasteiger charge is 2.39. The minimum absolute atomic E-state index is 0.206. The summed E-state index contributed by atoms with van der Waals surface area (Å²) in [6, 6.07) is 10.3. The molecule has 1 aromatic carbocycles. The number of carbonyl (C=O) groups is 3. The molecule has 0 unspecified atom stereocenters. The molecule has 1 atom stereocenters. The van der Waals surface area contributed by atoms with E-state index in [1.807, 2.05) is 24.3 Å². The maximum Gasteiger partial charge on any atom is 0.255 e. The van der Waals surface area contributed by atoms with E-state index in [0.717, 1.165) is 24.1 Å². The molecule has 3 aliphatic rings. The first-order chi connectivity index (χ1) is 16.0. The van der Waals surface area contributed by atoms with Gasteiger partial charge in [-0.15, -0.1) is 5.10 Å². The topological polar surface area (TPSA) is 119 Å². The van der Waals surface area contributed by atoms with Crippen molar-refractivity contribution in [3.05, 3.63) is 53.7 Å². The van der Waals surface area contributed by atoms with Crippen molar-refractivity contribution in [2.45, 2.75) is 44.4 Å². The average molecular weight is 444 g/mol. The highest BCUT2D eigenvalue weighted by Crippen LogP contribution is 2.30. The van der Waals surface area contributed by atoms with Crippen LogP contribution < -0.4 is 10.1 Å². The molecule has 1 saturated heterocycles. The second-order valence-electron chi connectivity index (χ2n) is 8.47. The Kier molecular flexibility index (Phi) is 4.46. The number of rotatable bonds is 5. The van der Waals surface area contributed by atoms with Crippen LogP contribution in [0.4, 0.5) is 0 Å². The number of amides is 3. The van der Waals surface area contributed by atoms with Crippen LogP contribution in [0.15, 0.2) is 42.6 Å². The van der Waals surface area contributed by atoms with Gasteiger partial charge >= 0.3 is 0 Å². The first-order valence-corrected chi connectivity index (χ1v) is 10.9. The Morgan fingerprint density at radius 1 is 1.03 bits per heavy atom. The Morgan fingerprint density at radius 3 is 2.73 bits per heavy atom. The molecule has 1 aliphatic carbocycles. The summed E-state index contributed by atoms with van der Waals surface area (Å²) in [5.41, 5.74) is 3.38. The lowest BCUT2D eigenvalue weighted by Crippen LogP contribution is -2.52. The maximum atomic E-state index is 12.9. The van der Waals surface area contributed by atoms with E-state index in [9.17, 15) is 14.4 Å². The Morgan fingerprint density at radius 2 is 1.91 bits per heavy atom. The molecule has 10 heteroatoms. The number of aromatic nitrogens is 4. The van der Waals surface area contributed by atoms with Crippen molar-refractivity contribution in [3.8, 4) is 23.0 Å². The zero-order valence-electron chi connectivity index (χ0n) is 17.6. The first kappa shape index (κ1) is 19.6. The van der Waals surface area contributed by atoms with Crippen LogP contribution in [0.3, 0.4) is 0 Å². The Hall–Kier alpha value is -4.08. The van der Waals surface area contributed by atoms with E-state index in [1.54, 1.807) is 23.0 Å². The fourth-order valence-corrected chi connectivity index (χ4v) is 4.19. The van der Waals surface area contributed by atoms with Crippen LogP contribution in [-0.4, -0.2) is 54.7 Å². The van der Waals surface area contributed by atoms with Crippen molar-refractivity contribution in [1.29, 1.82) is 0 Å². The van der Waals surface area contributed by atoms with Gasteiger partial charge in [-0.05, 0) is 49.1 Å². The SMILES string of the molecule is O=C1CC[C@H](N2Cc3cc(-n4cc(-c5cccc(OC6CC6)n5)nn4)ccc3C2=O)C(=O)N1. The van der Waals surface area contributed by atoms with Gasteiger partial charge in [0.15, 0.2) is 0 Å². The number of imide groups is 1. The van der Waals surface area contributed by atoms with Crippen LogP contribution in [-0.2, 0) is 16.1 Å². The highest BCUT2D eigenvalue weighted by molar-refractivity contribution is 6.05. The number of carbonyl (C=O) groups excluding carboxylic acids is 3. The molecule has 3 amide bonds. The number of fused-ring (bicyclic) bond motifs is 1. The highest BCUT2D eigenvalue weighted by atomic mass is 16.5. The zero-order valence-corrected chi connectivity index (χ0v) is 17.6. The van der Waals surface area contributed by atoms with Crippen LogP contribution in [0.5, 0.6) is 5.88 Å². The largest absolute Gasteiger partial charge is 0.474 e. The zero-order chi connectivity index (χ0) is 22.5. The number of benzene rings is 1. The van der Waals surface area contributed by atoms with Gasteiger partial charge in [-0.3, -0.25) is 19.7 Å². The fourth-order valence-electron chi connectivity index (χ4n) is 4.19. The molecule has 1 N–H and O–H groups in total. The van der Waals surface area contributed by atoms with E-state index in [4.69, 9.17) is 4.74 Å². The number of nitrogens with zero attached hydrogens (tertiary/aromatic N) is 5. The van der Waals surface area contributed by atoms with Crippen molar-refractivity contribution >= 4 is 17.7 Å². The van der Waals surface area contributed by atoms with Crippen LogP contribution in [0, 0.1) is 0 Å². The first-order valence-electron chi connectivity index (χ1n) is 10.9. The molecule has 4 heterocycles. The van der Waals surface area contributed by atoms with E-state index in [2.05, 4.69) is 20.6 Å². The van der Waals surface area contributed by atoms with Crippen LogP contribution >= 0.6 is 0 Å². The third-order valence-corrected chi connectivity index (χ3v) is 6.06. The van der Waals surface area contributed by atoms with Crippen LogP contribution in [0.25, 0.3) is 17.1 Å². The molecule has 6 rings (SSSR count). The predicted molar refractivity (Wildman–Crippen MR) is 114 cm³/mol. The summed E-state index contributed by atoms with van der Waals surface area (Å²) in [6.45, 7) is 0.304. The lowest BCUT2D eigenvalue weighted by atomic mass is 10.0. The molecule has 166 valence electrons. The molecule has 1 saturated carbocycles. The maximum absolute atomic E-state index is 12.9. The van der Waals surface area contributed by atoms with Crippen molar-refractivity contribution < 1.29 is 19.1 Å². The third kappa shape index (κ3) is 3.63. The summed E-state index contributed by atoms with van der Waals surface area (Å²) >= 11 is 0. The molecular formula is C23H20N6O4. The van der Waals surface area contributed by atoms with E-state index in [1.165, 1.54) is 4.90 Å². The number of hydrogen-bond acceptors (Lipinski definition) is 7. The second-order valence-corrected chi connectivity index (χ2v) is 8.47. The standard InChI is InChI=1S/C23H20N6O4/c30-20-9-8-19(22(31)25-20)28-11-13-10-14(4-7-16(13)23(28)32)29-12-18(26-27-29)17-2-1-3-21(24-17)33-15-5-6-15/h1-4,7,10,12,15,19H,5-6,8-9,11H2,(H,25,30,31)/t19-/m0/s1. The van der Waals surface area contributed by atoms with E-state index in [0.29, 0.717) is 35.8 Å². The summed E-state index contributed by atoms with van der Waals surface area (Å²) in [6.07, 6.45) is 4.72. The fraction of sp³-hybridized carbons (Fsp3) is 0.304. The number of ether oxygens (including phenoxy) is 1. The molecule has 33 heavy (non-hydrogen) atoms. The monoisotopic (exact) mass is 444 g/mol. The Balaban J connectivity index is 1.23. The normalized spacial score (nSPS) is 20.1. The van der Waals surface area contributed by atoms with Gasteiger partial charge in [0.25, 0.3) is 5.91 Å². The lowest BCUT2D eigenvalue weighted by molar-refractivity contribution is -0.136. The second kappa shape index (κ2) is 7.51. The van der Waals surface area contributed by atoms with Gasteiger partial charge in [0, 0.05) is 24.6 Å². The van der Waals surface area contributed by atoms with Gasteiger partial charge in [0.05, 0.1) is 17.6 Å². The van der Waals surface area contributed by atoms with Gasteiger partial charge in [0.1, 0.15) is 17.8 Å². The molecule has 0 spiro atoms. The summed E-state index contributed by atoms with van der Waals surface area (Å²) in [5.74, 6) is -0.353. The molecule has 10 nitrogen and oxygen atoms in total. The lowest BCUT2D eigenvalue weighted by Gasteiger charge is -2.29. The van der Waals surface area contributed by atoms with E-state index < -0.39 is 11.9 Å². The molecule has 2 aliphatic heterocycles. The molecule has 2 fully saturated rings. The van der Waals surface area contributed by atoms with E-state index >= 15 is 0 Å². The van der Waals surface area contributed by atoms with Gasteiger partial charge in [-0.1, -0.05) is 11.3 Å². The number of hydrogen-bond donors (Lipinski definition) is 1. The number of pyridine rings is 1. The summed E-state index contributed by atoms with van der Waals surface area (Å²) in [4.78, 5) is 42.6. The quantitative estimate of drug-likeness (QED) is 0.594. The van der Waals surface area contributed by atoms with Crippen molar-refractivity contribution in [2.24, 2.45) is 0 Å².